The van der Waals surface area contributed by atoms with Crippen LogP contribution in [0.1, 0.15) is 11.1 Å². The normalized spacial score (nSPS) is 12.0. The molecule has 2 aromatic carbocycles. The lowest BCUT2D eigenvalue weighted by atomic mass is 10.0. The molecule has 3 rings (SSSR count). The van der Waals surface area contributed by atoms with E-state index in [2.05, 4.69) is 0 Å². The van der Waals surface area contributed by atoms with Crippen molar-refractivity contribution in [3.63, 3.8) is 0 Å². The van der Waals surface area contributed by atoms with Crippen molar-refractivity contribution < 1.29 is 19.4 Å². The Morgan fingerprint density at radius 1 is 1.07 bits per heavy atom. The molecule has 0 saturated heterocycles. The zero-order valence-electron chi connectivity index (χ0n) is 15.9. The molecule has 0 aliphatic carbocycles. The summed E-state index contributed by atoms with van der Waals surface area (Å²) in [6, 6.07) is 14.8. The Labute approximate surface area is 162 Å². The number of aliphatic hydroxyl groups is 1. The van der Waals surface area contributed by atoms with E-state index >= 15 is 0 Å². The fourth-order valence-corrected chi connectivity index (χ4v) is 2.98. The van der Waals surface area contributed by atoms with Crippen LogP contribution in [0.3, 0.4) is 0 Å². The molecule has 3 N–H and O–H groups in total. The number of hydrogen-bond acceptors (Lipinski definition) is 6. The molecule has 0 spiro atoms. The Balaban J connectivity index is 2.02. The molecule has 148 valence electrons. The number of para-hydroxylation sites is 1. The summed E-state index contributed by atoms with van der Waals surface area (Å²) >= 11 is 0. The maximum Gasteiger partial charge on any atom is 0.287 e. The standard InChI is InChI=1S/C21H24N2O5/c1-26-19-8-7-14(10-20(19)27-2)9-16-11-15-5-3-4-6-18(15)23(21(16)25)28-13-17(24)12-22/h3-8,10-11,17,24H,9,12-13,22H2,1-2H3. The van der Waals surface area contributed by atoms with E-state index in [0.717, 1.165) is 10.9 Å². The second-order valence-electron chi connectivity index (χ2n) is 6.38. The highest BCUT2D eigenvalue weighted by atomic mass is 16.7. The van der Waals surface area contributed by atoms with Crippen LogP contribution in [0, 0.1) is 0 Å². The van der Waals surface area contributed by atoms with E-state index in [1.54, 1.807) is 20.3 Å². The van der Waals surface area contributed by atoms with Gasteiger partial charge in [-0.05, 0) is 29.8 Å². The summed E-state index contributed by atoms with van der Waals surface area (Å²) in [5, 5.41) is 10.6. The summed E-state index contributed by atoms with van der Waals surface area (Å²) in [4.78, 5) is 18.6. The van der Waals surface area contributed by atoms with Gasteiger partial charge in [0.2, 0.25) is 0 Å². The number of nitrogens with zero attached hydrogens (tertiary/aromatic N) is 1. The van der Waals surface area contributed by atoms with Crippen LogP contribution in [0.15, 0.2) is 53.3 Å². The smallest absolute Gasteiger partial charge is 0.287 e. The lowest BCUT2D eigenvalue weighted by Gasteiger charge is -2.16. The van der Waals surface area contributed by atoms with Crippen molar-refractivity contribution in [2.75, 3.05) is 27.4 Å². The SMILES string of the molecule is COc1ccc(Cc2cc3ccccc3n(OCC(O)CN)c2=O)cc1OC. The third kappa shape index (κ3) is 4.11. The second kappa shape index (κ2) is 8.77. The number of pyridine rings is 1. The molecule has 1 aromatic heterocycles. The van der Waals surface area contributed by atoms with Gasteiger partial charge in [0.05, 0.1) is 19.7 Å². The Morgan fingerprint density at radius 3 is 2.54 bits per heavy atom. The lowest BCUT2D eigenvalue weighted by Crippen LogP contribution is -2.36. The highest BCUT2D eigenvalue weighted by molar-refractivity contribution is 5.79. The number of aromatic nitrogens is 1. The molecule has 0 radical (unpaired) electrons. The van der Waals surface area contributed by atoms with Crippen molar-refractivity contribution in [3.05, 3.63) is 70.0 Å². The quantitative estimate of drug-likeness (QED) is 0.609. The molecule has 0 fully saturated rings. The van der Waals surface area contributed by atoms with Gasteiger partial charge in [-0.2, -0.15) is 0 Å². The molecule has 1 atom stereocenters. The Hall–Kier alpha value is -3.03. The van der Waals surface area contributed by atoms with E-state index in [-0.39, 0.29) is 18.7 Å². The van der Waals surface area contributed by atoms with Crippen LogP contribution in [-0.2, 0) is 6.42 Å². The fraction of sp³-hybridized carbons (Fsp3) is 0.286. The van der Waals surface area contributed by atoms with Crippen molar-refractivity contribution in [2.45, 2.75) is 12.5 Å². The number of hydrogen-bond donors (Lipinski definition) is 2. The molecule has 0 saturated carbocycles. The summed E-state index contributed by atoms with van der Waals surface area (Å²) in [5.41, 5.74) is 7.25. The van der Waals surface area contributed by atoms with Crippen molar-refractivity contribution in [3.8, 4) is 11.5 Å². The Bertz CT molecular complexity index is 1020. The van der Waals surface area contributed by atoms with Crippen LogP contribution in [0.2, 0.25) is 0 Å². The molecular formula is C21H24N2O5. The molecule has 1 heterocycles. The average molecular weight is 384 g/mol. The summed E-state index contributed by atoms with van der Waals surface area (Å²) in [7, 11) is 3.15. The number of nitrogens with two attached hydrogens (primary N) is 1. The Kier molecular flexibility index (Phi) is 6.18. The molecular weight excluding hydrogens is 360 g/mol. The first-order valence-electron chi connectivity index (χ1n) is 8.93. The number of benzene rings is 2. The van der Waals surface area contributed by atoms with E-state index in [1.807, 2.05) is 42.5 Å². The molecule has 28 heavy (non-hydrogen) atoms. The van der Waals surface area contributed by atoms with Crippen LogP contribution in [0.4, 0.5) is 0 Å². The van der Waals surface area contributed by atoms with E-state index in [1.165, 1.54) is 4.73 Å². The second-order valence-corrected chi connectivity index (χ2v) is 6.38. The van der Waals surface area contributed by atoms with E-state index < -0.39 is 6.10 Å². The number of aliphatic hydroxyl groups excluding tert-OH is 1. The van der Waals surface area contributed by atoms with Gasteiger partial charge in [-0.25, -0.2) is 0 Å². The fourth-order valence-electron chi connectivity index (χ4n) is 2.98. The van der Waals surface area contributed by atoms with Gasteiger partial charge in [0, 0.05) is 23.9 Å². The zero-order valence-corrected chi connectivity index (χ0v) is 15.9. The van der Waals surface area contributed by atoms with Gasteiger partial charge in [-0.15, -0.1) is 4.73 Å². The molecule has 3 aromatic rings. The first-order valence-corrected chi connectivity index (χ1v) is 8.93. The highest BCUT2D eigenvalue weighted by Crippen LogP contribution is 2.28. The third-order valence-corrected chi connectivity index (χ3v) is 4.46. The molecule has 0 aliphatic heterocycles. The topological polar surface area (TPSA) is 95.9 Å². The van der Waals surface area contributed by atoms with Gasteiger partial charge < -0.3 is 25.2 Å². The molecule has 7 heteroatoms. The largest absolute Gasteiger partial charge is 0.493 e. The predicted octanol–water partition coefficient (Wildman–Crippen LogP) is 1.36. The van der Waals surface area contributed by atoms with Gasteiger partial charge in [-0.1, -0.05) is 24.3 Å². The summed E-state index contributed by atoms with van der Waals surface area (Å²) in [6.45, 7) is -0.0156. The minimum atomic E-state index is -0.847. The van der Waals surface area contributed by atoms with Gasteiger partial charge >= 0.3 is 0 Å². The van der Waals surface area contributed by atoms with Crippen molar-refractivity contribution >= 4 is 10.9 Å². The zero-order chi connectivity index (χ0) is 20.1. The number of methoxy groups -OCH3 is 2. The molecule has 1 unspecified atom stereocenters. The summed E-state index contributed by atoms with van der Waals surface area (Å²) in [5.74, 6) is 1.23. The van der Waals surface area contributed by atoms with E-state index in [9.17, 15) is 9.90 Å². The minimum Gasteiger partial charge on any atom is -0.493 e. The molecule has 0 amide bonds. The van der Waals surface area contributed by atoms with E-state index in [4.69, 9.17) is 20.0 Å². The summed E-state index contributed by atoms with van der Waals surface area (Å²) < 4.78 is 11.8. The third-order valence-electron chi connectivity index (χ3n) is 4.46. The Morgan fingerprint density at radius 2 is 1.82 bits per heavy atom. The van der Waals surface area contributed by atoms with Crippen molar-refractivity contribution in [1.29, 1.82) is 0 Å². The van der Waals surface area contributed by atoms with Gasteiger partial charge in [0.25, 0.3) is 5.56 Å². The van der Waals surface area contributed by atoms with Crippen LogP contribution >= 0.6 is 0 Å². The van der Waals surface area contributed by atoms with Gasteiger partial charge in [0.1, 0.15) is 12.7 Å². The molecule has 0 bridgehead atoms. The van der Waals surface area contributed by atoms with Crippen LogP contribution in [0.25, 0.3) is 10.9 Å². The number of ether oxygens (including phenoxy) is 2. The lowest BCUT2D eigenvalue weighted by molar-refractivity contribution is 0.0316. The number of fused-ring (bicyclic) bond motifs is 1. The highest BCUT2D eigenvalue weighted by Gasteiger charge is 2.13. The number of rotatable bonds is 8. The predicted molar refractivity (Wildman–Crippen MR) is 107 cm³/mol. The first kappa shape index (κ1) is 19.7. The van der Waals surface area contributed by atoms with Gasteiger partial charge in [-0.3, -0.25) is 4.79 Å². The van der Waals surface area contributed by atoms with Crippen LogP contribution < -0.4 is 25.6 Å². The summed E-state index contributed by atoms with van der Waals surface area (Å²) in [6.07, 6.45) is -0.451. The van der Waals surface area contributed by atoms with Crippen molar-refractivity contribution in [1.82, 2.24) is 4.73 Å². The van der Waals surface area contributed by atoms with Crippen LogP contribution in [0.5, 0.6) is 11.5 Å². The van der Waals surface area contributed by atoms with Gasteiger partial charge in [0.15, 0.2) is 11.5 Å². The minimum absolute atomic E-state index is 0.0536. The first-order chi connectivity index (χ1) is 13.6. The maximum absolute atomic E-state index is 13.0. The maximum atomic E-state index is 13.0. The molecule has 7 nitrogen and oxygen atoms in total. The monoisotopic (exact) mass is 384 g/mol. The van der Waals surface area contributed by atoms with Crippen molar-refractivity contribution in [2.24, 2.45) is 5.73 Å². The van der Waals surface area contributed by atoms with E-state index in [0.29, 0.717) is 29.0 Å². The molecule has 0 aliphatic rings. The average Bonchev–Trinajstić information content (AvgIpc) is 2.73. The van der Waals surface area contributed by atoms with Crippen LogP contribution in [-0.4, -0.2) is 43.3 Å².